The molecule has 2 unspecified atom stereocenters. The second kappa shape index (κ2) is 15.1. The molecular formula is C40H30Cl2S2SiZr. The Kier molecular flexibility index (Phi) is 10.5. The molecule has 0 nitrogen and oxygen atoms in total. The number of allylic oxidation sites excluding steroid dienone is 2. The second-order valence-electron chi connectivity index (χ2n) is 11.3. The van der Waals surface area contributed by atoms with E-state index in [1.165, 1.54) is 77.5 Å². The van der Waals surface area contributed by atoms with Gasteiger partial charge in [0.1, 0.15) is 0 Å². The molecule has 4 aromatic carbocycles. The topological polar surface area (TPSA) is 0 Å². The molecule has 0 amide bonds. The van der Waals surface area contributed by atoms with Gasteiger partial charge < -0.3 is 0 Å². The number of benzene rings is 4. The van der Waals surface area contributed by atoms with Gasteiger partial charge in [-0.1, -0.05) is 121 Å². The molecule has 0 N–H and O–H groups in total. The van der Waals surface area contributed by atoms with Gasteiger partial charge in [-0.05, 0) is 90.7 Å². The number of thiophene rings is 2. The van der Waals surface area contributed by atoms with Crippen molar-refractivity contribution in [2.75, 3.05) is 0 Å². The number of hydrogen-bond acceptors (Lipinski definition) is 2. The third-order valence-corrected chi connectivity index (χ3v) is 12.1. The summed E-state index contributed by atoms with van der Waals surface area (Å²) in [6.45, 7) is 0. The van der Waals surface area contributed by atoms with Crippen LogP contribution < -0.4 is 0 Å². The van der Waals surface area contributed by atoms with Crippen molar-refractivity contribution in [3.8, 4) is 22.3 Å². The molecule has 6 heteroatoms. The molecule has 0 spiro atoms. The first kappa shape index (κ1) is 32.0. The van der Waals surface area contributed by atoms with Crippen LogP contribution in [0.25, 0.3) is 45.6 Å². The Hall–Kier alpha value is -2.56. The van der Waals surface area contributed by atoms with Gasteiger partial charge in [0, 0.05) is 31.1 Å². The van der Waals surface area contributed by atoms with Crippen molar-refractivity contribution in [3.05, 3.63) is 164 Å². The molecule has 0 bridgehead atoms. The van der Waals surface area contributed by atoms with Crippen LogP contribution in [-0.4, -0.2) is 9.52 Å². The van der Waals surface area contributed by atoms with E-state index in [1.807, 2.05) is 22.7 Å². The Balaban J connectivity index is 0.00000109. The number of hydrogen-bond donors (Lipinski definition) is 0. The summed E-state index contributed by atoms with van der Waals surface area (Å²) in [5, 5.41) is 4.43. The van der Waals surface area contributed by atoms with Gasteiger partial charge in [0.15, 0.2) is 0 Å². The molecule has 0 fully saturated rings. The van der Waals surface area contributed by atoms with Crippen LogP contribution in [0.15, 0.2) is 132 Å². The summed E-state index contributed by atoms with van der Waals surface area (Å²) in [6, 6.07) is 47.0. The molecule has 2 aliphatic carbocycles. The number of fused-ring (bicyclic) bond motifs is 2. The molecule has 8 rings (SSSR count). The van der Waals surface area contributed by atoms with Crippen LogP contribution in [0.1, 0.15) is 43.8 Å². The summed E-state index contributed by atoms with van der Waals surface area (Å²) in [5.74, 6) is 0.864. The van der Waals surface area contributed by atoms with E-state index < -0.39 is 20.8 Å². The molecule has 2 aliphatic rings. The molecule has 2 heterocycles. The zero-order valence-electron chi connectivity index (χ0n) is 25.0. The van der Waals surface area contributed by atoms with Crippen molar-refractivity contribution in [3.63, 3.8) is 0 Å². The normalized spacial score (nSPS) is 16.1. The molecule has 0 saturated heterocycles. The van der Waals surface area contributed by atoms with Gasteiger partial charge in [0.05, 0.1) is 0 Å². The van der Waals surface area contributed by atoms with Crippen molar-refractivity contribution in [1.82, 2.24) is 0 Å². The predicted molar refractivity (Wildman–Crippen MR) is 201 cm³/mol. The quantitative estimate of drug-likeness (QED) is 0.135. The zero-order chi connectivity index (χ0) is 31.3. The Morgan fingerprint density at radius 2 is 0.957 bits per heavy atom. The van der Waals surface area contributed by atoms with Crippen LogP contribution in [0.5, 0.6) is 0 Å². The molecule has 0 saturated carbocycles. The van der Waals surface area contributed by atoms with E-state index in [-0.39, 0.29) is 0 Å². The van der Waals surface area contributed by atoms with Gasteiger partial charge in [0.25, 0.3) is 0 Å². The van der Waals surface area contributed by atoms with Gasteiger partial charge in [-0.2, -0.15) is 0 Å². The first-order valence-electron chi connectivity index (χ1n) is 15.3. The molecule has 0 aliphatic heterocycles. The number of halogens is 2. The third kappa shape index (κ3) is 6.59. The zero-order valence-corrected chi connectivity index (χ0v) is 31.6. The minimum absolute atomic E-state index is 0.432. The molecule has 224 valence electrons. The van der Waals surface area contributed by atoms with Gasteiger partial charge in [-0.25, -0.2) is 0 Å². The average molecular weight is 765 g/mol. The van der Waals surface area contributed by atoms with E-state index in [1.54, 1.807) is 0 Å². The van der Waals surface area contributed by atoms with Crippen LogP contribution in [-0.2, 0) is 20.8 Å². The van der Waals surface area contributed by atoms with Crippen LogP contribution in [0.2, 0.25) is 12.1 Å². The van der Waals surface area contributed by atoms with E-state index in [9.17, 15) is 0 Å². The predicted octanol–water partition coefficient (Wildman–Crippen LogP) is 13.0. The van der Waals surface area contributed by atoms with Crippen molar-refractivity contribution in [2.24, 2.45) is 0 Å². The van der Waals surface area contributed by atoms with Gasteiger partial charge in [-0.15, -0.1) is 22.7 Å². The molecule has 2 aromatic heterocycles. The van der Waals surface area contributed by atoms with Crippen LogP contribution >= 0.6 is 39.7 Å². The fourth-order valence-electron chi connectivity index (χ4n) is 6.87. The van der Waals surface area contributed by atoms with E-state index in [4.69, 9.17) is 17.0 Å². The van der Waals surface area contributed by atoms with Gasteiger partial charge in [0.2, 0.25) is 0 Å². The van der Waals surface area contributed by atoms with Crippen molar-refractivity contribution in [1.29, 1.82) is 0 Å². The summed E-state index contributed by atoms with van der Waals surface area (Å²) < 4.78 is 0. The Labute approximate surface area is 301 Å². The monoisotopic (exact) mass is 762 g/mol. The van der Waals surface area contributed by atoms with E-state index >= 15 is 0 Å². The number of rotatable bonds is 8. The fourth-order valence-corrected chi connectivity index (χ4v) is 10.1. The van der Waals surface area contributed by atoms with Crippen molar-refractivity contribution >= 4 is 72.5 Å². The van der Waals surface area contributed by atoms with Crippen LogP contribution in [0.4, 0.5) is 0 Å². The standard InChI is InChI=1S/C40H30S2Si.2ClH.Zr/c1-3-11-27(12-4-1)29-15-7-17-31-33(29)23-35(39-19-9-21-41-39)37(31)25-43-26-38-32-18-8-16-30(28-13-5-2-6-14-28)34(32)24-36(38)40-20-10-22-42-40;;;/h1-24,37-38H,25-26H2;2*1H;/q;;;+2/p-2. The van der Waals surface area contributed by atoms with E-state index in [2.05, 4.69) is 144 Å². The average Bonchev–Trinajstić information content (AvgIpc) is 3.92. The molecular weight excluding hydrogens is 735 g/mol. The summed E-state index contributed by atoms with van der Waals surface area (Å²) in [7, 11) is 10.7. The Bertz CT molecular complexity index is 1820. The molecule has 2 atom stereocenters. The first-order valence-corrected chi connectivity index (χ1v) is 24.8. The van der Waals surface area contributed by atoms with Gasteiger partial charge >= 0.3 is 37.9 Å². The van der Waals surface area contributed by atoms with Crippen LogP contribution in [0, 0.1) is 0 Å². The summed E-state index contributed by atoms with van der Waals surface area (Å²) in [4.78, 5) is 2.81. The van der Waals surface area contributed by atoms with Gasteiger partial charge in [-0.3, -0.25) is 0 Å². The van der Waals surface area contributed by atoms with Crippen LogP contribution in [0.3, 0.4) is 0 Å². The Morgan fingerprint density at radius 1 is 0.522 bits per heavy atom. The van der Waals surface area contributed by atoms with Crippen molar-refractivity contribution in [2.45, 2.75) is 23.9 Å². The second-order valence-corrected chi connectivity index (χ2v) is 18.3. The molecule has 46 heavy (non-hydrogen) atoms. The summed E-state index contributed by atoms with van der Waals surface area (Å²) in [5.41, 5.74) is 14.1. The summed E-state index contributed by atoms with van der Waals surface area (Å²) in [6.07, 6.45) is 4.99. The fraction of sp³-hybridized carbons (Fsp3) is 0.100. The minimum atomic E-state index is -0.826. The first-order chi connectivity index (χ1) is 22.8. The molecule has 6 aromatic rings. The third-order valence-electron chi connectivity index (χ3n) is 8.86. The SMILES string of the molecule is C1=C(c2cccs2)C(C[Si]CC2C(c3cccs3)=Cc3c(-c4ccccc4)cccc32)c2cccc(-c3ccccc3)c21.[Cl][Zr][Cl]. The van der Waals surface area contributed by atoms with E-state index in [0.29, 0.717) is 11.8 Å². The molecule has 2 radical (unpaired) electrons. The van der Waals surface area contributed by atoms with Crippen molar-refractivity contribution < 1.29 is 20.8 Å². The Morgan fingerprint density at radius 3 is 1.35 bits per heavy atom. The maximum atomic E-state index is 4.93. The van der Waals surface area contributed by atoms with E-state index in [0.717, 1.165) is 9.52 Å². The maximum absolute atomic E-state index is 4.93. The summed E-state index contributed by atoms with van der Waals surface area (Å²) >= 11 is 2.92.